The average molecular weight is 293 g/mol. The van der Waals surface area contributed by atoms with E-state index in [2.05, 4.69) is 5.32 Å². The van der Waals surface area contributed by atoms with Crippen LogP contribution in [0.2, 0.25) is 0 Å². The first-order valence-corrected chi connectivity index (χ1v) is 6.72. The first kappa shape index (κ1) is 18.9. The molecule has 0 aliphatic rings. The van der Waals surface area contributed by atoms with Crippen LogP contribution in [0.25, 0.3) is 0 Å². The van der Waals surface area contributed by atoms with Crippen molar-refractivity contribution in [1.82, 2.24) is 15.1 Å². The third-order valence-electron chi connectivity index (χ3n) is 2.58. The van der Waals surface area contributed by atoms with Gasteiger partial charge in [0.2, 0.25) is 0 Å². The van der Waals surface area contributed by atoms with Crippen LogP contribution >= 0.6 is 0 Å². The zero-order valence-electron chi connectivity index (χ0n) is 11.8. The Morgan fingerprint density at radius 1 is 0.750 bits per heavy atom. The standard InChI is InChI=1S/C12H27N3O5/c16-6-1-13-12(15(4-9-19)5-10-20)11-14(2-7-17)3-8-18/h11,13,16-20H,1-10H2. The van der Waals surface area contributed by atoms with Crippen LogP contribution in [-0.2, 0) is 0 Å². The second-order valence-corrected chi connectivity index (χ2v) is 4.08. The largest absolute Gasteiger partial charge is 0.395 e. The molecule has 0 radical (unpaired) electrons. The van der Waals surface area contributed by atoms with Gasteiger partial charge < -0.3 is 40.6 Å². The van der Waals surface area contributed by atoms with Crippen LogP contribution in [0.4, 0.5) is 0 Å². The molecule has 0 fully saturated rings. The van der Waals surface area contributed by atoms with Gasteiger partial charge in [-0.25, -0.2) is 0 Å². The lowest BCUT2D eigenvalue weighted by molar-refractivity contribution is 0.168. The molecule has 0 saturated carbocycles. The second-order valence-electron chi connectivity index (χ2n) is 4.08. The van der Waals surface area contributed by atoms with Crippen LogP contribution in [0.5, 0.6) is 0 Å². The molecular formula is C12H27N3O5. The minimum absolute atomic E-state index is 0.0518. The maximum atomic E-state index is 9.06. The topological polar surface area (TPSA) is 120 Å². The van der Waals surface area contributed by atoms with Gasteiger partial charge in [-0.1, -0.05) is 0 Å². The van der Waals surface area contributed by atoms with E-state index in [0.717, 1.165) is 0 Å². The quantitative estimate of drug-likeness (QED) is 0.212. The number of aliphatic hydroxyl groups excluding tert-OH is 5. The van der Waals surface area contributed by atoms with Crippen molar-refractivity contribution >= 4 is 0 Å². The van der Waals surface area contributed by atoms with Crippen LogP contribution in [0.1, 0.15) is 0 Å². The Morgan fingerprint density at radius 2 is 1.25 bits per heavy atom. The Morgan fingerprint density at radius 3 is 1.65 bits per heavy atom. The van der Waals surface area contributed by atoms with Gasteiger partial charge in [0.1, 0.15) is 5.82 Å². The van der Waals surface area contributed by atoms with Crippen molar-refractivity contribution in [2.24, 2.45) is 0 Å². The average Bonchev–Trinajstić information content (AvgIpc) is 2.43. The van der Waals surface area contributed by atoms with Crippen LogP contribution in [0, 0.1) is 0 Å². The molecule has 0 aliphatic carbocycles. The van der Waals surface area contributed by atoms with Crippen LogP contribution in [0.3, 0.4) is 0 Å². The van der Waals surface area contributed by atoms with E-state index in [9.17, 15) is 0 Å². The molecule has 8 nitrogen and oxygen atoms in total. The smallest absolute Gasteiger partial charge is 0.118 e. The van der Waals surface area contributed by atoms with Gasteiger partial charge >= 0.3 is 0 Å². The Labute approximate surface area is 119 Å². The fourth-order valence-electron chi connectivity index (χ4n) is 1.69. The van der Waals surface area contributed by atoms with Crippen molar-refractivity contribution in [2.45, 2.75) is 0 Å². The highest BCUT2D eigenvalue weighted by Crippen LogP contribution is 2.03. The van der Waals surface area contributed by atoms with E-state index in [-0.39, 0.29) is 33.0 Å². The number of hydrogen-bond donors (Lipinski definition) is 6. The molecule has 0 aromatic heterocycles. The van der Waals surface area contributed by atoms with Gasteiger partial charge in [-0.05, 0) is 0 Å². The van der Waals surface area contributed by atoms with E-state index >= 15 is 0 Å². The third kappa shape index (κ3) is 8.18. The lowest BCUT2D eigenvalue weighted by Crippen LogP contribution is -2.39. The van der Waals surface area contributed by atoms with E-state index in [1.165, 1.54) is 0 Å². The highest BCUT2D eigenvalue weighted by Gasteiger charge is 2.10. The molecule has 20 heavy (non-hydrogen) atoms. The van der Waals surface area contributed by atoms with Gasteiger partial charge in [0.25, 0.3) is 0 Å². The zero-order chi connectivity index (χ0) is 15.2. The molecule has 0 atom stereocenters. The van der Waals surface area contributed by atoms with Crippen molar-refractivity contribution in [3.05, 3.63) is 12.0 Å². The third-order valence-corrected chi connectivity index (χ3v) is 2.58. The van der Waals surface area contributed by atoms with Gasteiger partial charge in [0.05, 0.1) is 33.0 Å². The number of rotatable bonds is 13. The lowest BCUT2D eigenvalue weighted by atomic mass is 10.4. The zero-order valence-corrected chi connectivity index (χ0v) is 11.8. The predicted molar refractivity (Wildman–Crippen MR) is 74.7 cm³/mol. The molecule has 0 spiro atoms. The first-order valence-electron chi connectivity index (χ1n) is 6.72. The maximum Gasteiger partial charge on any atom is 0.118 e. The predicted octanol–water partition coefficient (Wildman–Crippen LogP) is -3.06. The van der Waals surface area contributed by atoms with Gasteiger partial charge in [-0.15, -0.1) is 0 Å². The molecule has 0 bridgehead atoms. The normalized spacial score (nSPS) is 11.6. The van der Waals surface area contributed by atoms with E-state index in [4.69, 9.17) is 25.5 Å². The fraction of sp³-hybridized carbons (Fsp3) is 0.833. The first-order chi connectivity index (χ1) is 9.73. The molecule has 0 unspecified atom stereocenters. The van der Waals surface area contributed by atoms with Gasteiger partial charge in [-0.2, -0.15) is 0 Å². The number of aliphatic hydroxyl groups is 5. The summed E-state index contributed by atoms with van der Waals surface area (Å²) in [4.78, 5) is 3.46. The SMILES string of the molecule is OCCNC(=CN(CCO)CCO)N(CCO)CCO. The molecule has 6 N–H and O–H groups in total. The number of hydrogen-bond acceptors (Lipinski definition) is 8. The highest BCUT2D eigenvalue weighted by atomic mass is 16.3. The highest BCUT2D eigenvalue weighted by molar-refractivity contribution is 4.99. The number of nitrogens with one attached hydrogen (secondary N) is 1. The van der Waals surface area contributed by atoms with Crippen molar-refractivity contribution in [1.29, 1.82) is 0 Å². The van der Waals surface area contributed by atoms with Crippen molar-refractivity contribution in [3.8, 4) is 0 Å². The molecule has 0 aromatic rings. The summed E-state index contributed by atoms with van der Waals surface area (Å²) in [6.07, 6.45) is 1.70. The van der Waals surface area contributed by atoms with Crippen LogP contribution < -0.4 is 5.32 Å². The Balaban J connectivity index is 4.92. The molecule has 0 aromatic carbocycles. The summed E-state index contributed by atoms with van der Waals surface area (Å²) in [5.41, 5.74) is 0. The molecular weight excluding hydrogens is 266 g/mol. The summed E-state index contributed by atoms with van der Waals surface area (Å²) in [6, 6.07) is 0. The molecule has 0 aliphatic heterocycles. The van der Waals surface area contributed by atoms with Crippen LogP contribution in [0.15, 0.2) is 12.0 Å². The minimum atomic E-state index is -0.0713. The summed E-state index contributed by atoms with van der Waals surface area (Å²) in [6.45, 7) is 1.40. The summed E-state index contributed by atoms with van der Waals surface area (Å²) in [5.74, 6) is 0.615. The van der Waals surface area contributed by atoms with Crippen molar-refractivity contribution < 1.29 is 25.5 Å². The Hall–Kier alpha value is -1.06. The van der Waals surface area contributed by atoms with Gasteiger partial charge in [0.15, 0.2) is 0 Å². The Kier molecular flexibility index (Phi) is 12.3. The van der Waals surface area contributed by atoms with Crippen molar-refractivity contribution in [2.75, 3.05) is 65.8 Å². The maximum absolute atomic E-state index is 9.06. The lowest BCUT2D eigenvalue weighted by Gasteiger charge is -2.29. The van der Waals surface area contributed by atoms with E-state index in [0.29, 0.717) is 38.5 Å². The molecule has 0 heterocycles. The fourth-order valence-corrected chi connectivity index (χ4v) is 1.69. The van der Waals surface area contributed by atoms with E-state index in [1.807, 2.05) is 0 Å². The Bertz CT molecular complexity index is 241. The second kappa shape index (κ2) is 12.9. The number of nitrogens with zero attached hydrogens (tertiary/aromatic N) is 2. The minimum Gasteiger partial charge on any atom is -0.395 e. The van der Waals surface area contributed by atoms with Crippen molar-refractivity contribution in [3.63, 3.8) is 0 Å². The molecule has 0 amide bonds. The summed E-state index contributed by atoms with van der Waals surface area (Å²) in [7, 11) is 0. The summed E-state index contributed by atoms with van der Waals surface area (Å²) in [5, 5.41) is 48.0. The van der Waals surface area contributed by atoms with Gasteiger partial charge in [0, 0.05) is 38.9 Å². The summed E-state index contributed by atoms with van der Waals surface area (Å²) < 4.78 is 0. The van der Waals surface area contributed by atoms with E-state index < -0.39 is 0 Å². The molecule has 0 rings (SSSR count). The van der Waals surface area contributed by atoms with E-state index in [1.54, 1.807) is 16.0 Å². The molecule has 0 saturated heterocycles. The monoisotopic (exact) mass is 293 g/mol. The molecule has 120 valence electrons. The van der Waals surface area contributed by atoms with Gasteiger partial charge in [-0.3, -0.25) is 0 Å². The summed E-state index contributed by atoms with van der Waals surface area (Å²) >= 11 is 0. The molecule has 8 heteroatoms. The van der Waals surface area contributed by atoms with Crippen LogP contribution in [-0.4, -0.2) is 101 Å².